The van der Waals surface area contributed by atoms with Crippen LogP contribution >= 0.6 is 0 Å². The van der Waals surface area contributed by atoms with Crippen LogP contribution in [-0.2, 0) is 9.47 Å². The van der Waals surface area contributed by atoms with Gasteiger partial charge in [-0.1, -0.05) is 0 Å². The molecule has 2 heteroatoms. The summed E-state index contributed by atoms with van der Waals surface area (Å²) in [5, 5.41) is 0. The predicted molar refractivity (Wildman–Crippen MR) is 16.2 cm³/mol. The van der Waals surface area contributed by atoms with Gasteiger partial charge in [-0.2, -0.15) is 0 Å². The summed E-state index contributed by atoms with van der Waals surface area (Å²) in [7, 11) is 7.44. The van der Waals surface area contributed by atoms with Crippen LogP contribution in [-0.4, -0.2) is 13.9 Å². The van der Waals surface area contributed by atoms with Gasteiger partial charge in [0, 0.05) is 7.11 Å². The van der Waals surface area contributed by atoms with Crippen LogP contribution in [0.5, 0.6) is 0 Å². The normalized spacial score (nSPS) is 8.40. The molecule has 0 aromatic heterocycles. The lowest BCUT2D eigenvalue weighted by Gasteiger charge is -1.86. The van der Waals surface area contributed by atoms with Gasteiger partial charge in [-0.05, 0) is 0 Å². The Kier molecular flexibility index (Phi) is 3.86. The van der Waals surface area contributed by atoms with E-state index in [4.69, 9.17) is 7.11 Å². The third-order valence-electron chi connectivity index (χ3n) is 0.177. The minimum absolute atomic E-state index is 0.0556. The molecule has 0 spiro atoms. The first-order valence-corrected chi connectivity index (χ1v) is 1.19. The summed E-state index contributed by atoms with van der Waals surface area (Å²) in [6.45, 7) is 0.0556. The van der Waals surface area contributed by atoms with Gasteiger partial charge in [0.2, 0.25) is 0 Å². The SMILES string of the molecule is [C]OCOC. The highest BCUT2D eigenvalue weighted by atomic mass is 16.6. The van der Waals surface area contributed by atoms with Crippen molar-refractivity contribution in [1.82, 2.24) is 0 Å². The molecular weight excluding hydrogens is 68.0 g/mol. The molecule has 0 aromatic carbocycles. The first-order chi connectivity index (χ1) is 2.41. The number of hydrogen-bond donors (Lipinski definition) is 0. The third kappa shape index (κ3) is 3.92. The molecule has 3 radical (unpaired) electrons. The topological polar surface area (TPSA) is 18.5 Å². The third-order valence-corrected chi connectivity index (χ3v) is 0.177. The molecule has 5 heavy (non-hydrogen) atoms. The van der Waals surface area contributed by atoms with E-state index in [1.165, 1.54) is 7.11 Å². The molecule has 0 fully saturated rings. The summed E-state index contributed by atoms with van der Waals surface area (Å²) in [5.41, 5.74) is 0. The Balaban J connectivity index is 2.19. The van der Waals surface area contributed by atoms with Crippen LogP contribution in [0.2, 0.25) is 0 Å². The van der Waals surface area contributed by atoms with E-state index in [0.717, 1.165) is 0 Å². The van der Waals surface area contributed by atoms with Gasteiger partial charge in [0.1, 0.15) is 6.79 Å². The van der Waals surface area contributed by atoms with Crippen molar-refractivity contribution in [2.75, 3.05) is 13.9 Å². The average molecular weight is 73.1 g/mol. The van der Waals surface area contributed by atoms with Gasteiger partial charge in [0.25, 0.3) is 0 Å². The highest BCUT2D eigenvalue weighted by Crippen LogP contribution is 1.63. The highest BCUT2D eigenvalue weighted by molar-refractivity contribution is 3.95. The number of methoxy groups -OCH3 is 1. The maximum atomic E-state index is 5.98. The monoisotopic (exact) mass is 73.0 g/mol. The average Bonchev–Trinajstić information content (AvgIpc) is 1.41. The Bertz CT molecular complexity index is 12.4. The van der Waals surface area contributed by atoms with Crippen molar-refractivity contribution in [1.29, 1.82) is 0 Å². The molecule has 0 saturated heterocycles. The fourth-order valence-corrected chi connectivity index (χ4v) is 0.0589. The van der Waals surface area contributed by atoms with Gasteiger partial charge in [-0.25, -0.2) is 0 Å². The summed E-state index contributed by atoms with van der Waals surface area (Å²) < 4.78 is 8.00. The van der Waals surface area contributed by atoms with Crippen molar-refractivity contribution in [3.63, 3.8) is 0 Å². The summed E-state index contributed by atoms with van der Waals surface area (Å²) in [6, 6.07) is 0. The summed E-state index contributed by atoms with van der Waals surface area (Å²) in [5.74, 6) is 0. The van der Waals surface area contributed by atoms with Gasteiger partial charge < -0.3 is 9.47 Å². The Hall–Kier alpha value is -0.0800. The van der Waals surface area contributed by atoms with Crippen LogP contribution in [0.15, 0.2) is 0 Å². The first kappa shape index (κ1) is 4.92. The fraction of sp³-hybridized carbons (Fsp3) is 0.667. The molecule has 0 aliphatic rings. The summed E-state index contributed by atoms with van der Waals surface area (Å²) >= 11 is 0. The van der Waals surface area contributed by atoms with Gasteiger partial charge in [-0.15, -0.1) is 0 Å². The number of rotatable bonds is 2. The minimum atomic E-state index is 0.0556. The molecule has 0 bridgehead atoms. The molecular formula is C3H5O2. The molecule has 0 heterocycles. The molecule has 0 saturated carbocycles. The van der Waals surface area contributed by atoms with Gasteiger partial charge in [0.15, 0.2) is 7.11 Å². The van der Waals surface area contributed by atoms with Gasteiger partial charge in [0.05, 0.1) is 0 Å². The Morgan fingerprint density at radius 2 is 2.40 bits per heavy atom. The predicted octanol–water partition coefficient (Wildman–Crippen LogP) is 0.152. The number of hydrogen-bond acceptors (Lipinski definition) is 2. The van der Waals surface area contributed by atoms with Crippen LogP contribution in [0.4, 0.5) is 0 Å². The molecule has 0 aliphatic heterocycles. The maximum absolute atomic E-state index is 5.98. The van der Waals surface area contributed by atoms with Crippen LogP contribution < -0.4 is 0 Å². The van der Waals surface area contributed by atoms with E-state index in [1.807, 2.05) is 0 Å². The Labute approximate surface area is 31.7 Å². The standard InChI is InChI=1S/C3H5O2/c1-4-3-5-2/h3H2,1H3. The molecule has 0 aliphatic carbocycles. The zero-order valence-corrected chi connectivity index (χ0v) is 3.02. The molecule has 0 N–H and O–H groups in total. The maximum Gasteiger partial charge on any atom is 0.176 e. The van der Waals surface area contributed by atoms with E-state index in [2.05, 4.69) is 9.47 Å². The Morgan fingerprint density at radius 3 is 2.40 bits per heavy atom. The van der Waals surface area contributed by atoms with Crippen molar-refractivity contribution in [3.8, 4) is 0 Å². The van der Waals surface area contributed by atoms with E-state index >= 15 is 0 Å². The van der Waals surface area contributed by atoms with Crippen molar-refractivity contribution in [2.45, 2.75) is 0 Å². The van der Waals surface area contributed by atoms with E-state index in [-0.39, 0.29) is 6.79 Å². The van der Waals surface area contributed by atoms with E-state index < -0.39 is 0 Å². The van der Waals surface area contributed by atoms with Crippen LogP contribution in [0.25, 0.3) is 0 Å². The zero-order valence-electron chi connectivity index (χ0n) is 3.02. The smallest absolute Gasteiger partial charge is 0.176 e. The Morgan fingerprint density at radius 1 is 1.80 bits per heavy atom. The van der Waals surface area contributed by atoms with E-state index in [0.29, 0.717) is 0 Å². The molecule has 0 rings (SSSR count). The lowest BCUT2D eigenvalue weighted by Crippen LogP contribution is -1.85. The van der Waals surface area contributed by atoms with E-state index in [9.17, 15) is 0 Å². The van der Waals surface area contributed by atoms with Crippen molar-refractivity contribution >= 4 is 0 Å². The summed E-state index contributed by atoms with van der Waals surface area (Å²) in [6.07, 6.45) is 0. The lowest BCUT2D eigenvalue weighted by atomic mass is 11.4. The second kappa shape index (κ2) is 3.92. The lowest BCUT2D eigenvalue weighted by molar-refractivity contribution is 0.0164. The second-order valence-corrected chi connectivity index (χ2v) is 0.551. The molecule has 2 nitrogen and oxygen atoms in total. The highest BCUT2D eigenvalue weighted by Gasteiger charge is 1.64. The van der Waals surface area contributed by atoms with Crippen molar-refractivity contribution in [2.24, 2.45) is 0 Å². The molecule has 0 unspecified atom stereocenters. The largest absolute Gasteiger partial charge is 0.359 e. The summed E-state index contributed by atoms with van der Waals surface area (Å²) in [4.78, 5) is 0. The zero-order chi connectivity index (χ0) is 4.12. The first-order valence-electron chi connectivity index (χ1n) is 1.19. The molecule has 29 valence electrons. The molecule has 0 amide bonds. The van der Waals surface area contributed by atoms with E-state index in [1.54, 1.807) is 0 Å². The number of ether oxygens (including phenoxy) is 2. The van der Waals surface area contributed by atoms with Crippen LogP contribution in [0.3, 0.4) is 0 Å². The van der Waals surface area contributed by atoms with Crippen LogP contribution in [0, 0.1) is 7.11 Å². The molecule has 0 atom stereocenters. The fourth-order valence-electron chi connectivity index (χ4n) is 0.0589. The van der Waals surface area contributed by atoms with Crippen LogP contribution in [0.1, 0.15) is 0 Å². The molecule has 0 aromatic rings. The minimum Gasteiger partial charge on any atom is -0.359 e. The van der Waals surface area contributed by atoms with Gasteiger partial charge in [-0.3, -0.25) is 0 Å². The quantitative estimate of drug-likeness (QED) is 0.433. The van der Waals surface area contributed by atoms with Gasteiger partial charge >= 0.3 is 0 Å². The van der Waals surface area contributed by atoms with Crippen molar-refractivity contribution < 1.29 is 9.47 Å². The van der Waals surface area contributed by atoms with Crippen molar-refractivity contribution in [3.05, 3.63) is 7.11 Å². The second-order valence-electron chi connectivity index (χ2n) is 0.551.